The van der Waals surface area contributed by atoms with Crippen LogP contribution in [-0.4, -0.2) is 39.3 Å². The van der Waals surface area contributed by atoms with Crippen molar-refractivity contribution in [1.82, 2.24) is 5.32 Å². The fourth-order valence-electron chi connectivity index (χ4n) is 3.59. The lowest BCUT2D eigenvalue weighted by atomic mass is 9.90. The summed E-state index contributed by atoms with van der Waals surface area (Å²) in [7, 11) is -3.75. The Morgan fingerprint density at radius 3 is 2.55 bits per heavy atom. The summed E-state index contributed by atoms with van der Waals surface area (Å²) in [4.78, 5) is 0. The highest BCUT2D eigenvalue weighted by molar-refractivity contribution is 7.91. The van der Waals surface area contributed by atoms with Crippen molar-refractivity contribution >= 4 is 21.4 Å². The third kappa shape index (κ3) is 7.70. The Balaban J connectivity index is 1.56. The molecule has 1 heterocycles. The van der Waals surface area contributed by atoms with Gasteiger partial charge in [0.1, 0.15) is 5.75 Å². The van der Waals surface area contributed by atoms with Gasteiger partial charge >= 0.3 is 6.18 Å². The van der Waals surface area contributed by atoms with Crippen LogP contribution in [0.2, 0.25) is 5.02 Å². The highest BCUT2D eigenvalue weighted by Gasteiger charge is 2.29. The first-order valence-electron chi connectivity index (χ1n) is 10.1. The maximum atomic E-state index is 12.2. The third-order valence-corrected chi connectivity index (χ3v) is 7.18. The maximum Gasteiger partial charge on any atom is 0.390 e. The molecular weight excluding hydrogens is 451 g/mol. The van der Waals surface area contributed by atoms with Gasteiger partial charge < -0.3 is 10.1 Å². The molecule has 0 saturated heterocycles. The zero-order valence-electron chi connectivity index (χ0n) is 16.9. The molecule has 0 bridgehead atoms. The minimum Gasteiger partial charge on any atom is -0.494 e. The average molecular weight is 476 g/mol. The van der Waals surface area contributed by atoms with Gasteiger partial charge in [-0.1, -0.05) is 29.8 Å². The van der Waals surface area contributed by atoms with Crippen LogP contribution in [0.1, 0.15) is 35.6 Å². The number of halogens is 4. The molecule has 31 heavy (non-hydrogen) atoms. The molecule has 0 aliphatic carbocycles. The molecule has 0 spiro atoms. The topological polar surface area (TPSA) is 55.4 Å². The molecule has 2 aromatic carbocycles. The van der Waals surface area contributed by atoms with E-state index in [0.717, 1.165) is 30.5 Å². The Labute approximate surface area is 185 Å². The van der Waals surface area contributed by atoms with Gasteiger partial charge in [-0.15, -0.1) is 0 Å². The highest BCUT2D eigenvalue weighted by Crippen LogP contribution is 2.30. The molecule has 0 radical (unpaired) electrons. The van der Waals surface area contributed by atoms with Gasteiger partial charge in [-0.05, 0) is 66.8 Å². The molecule has 1 N–H and O–H groups in total. The maximum absolute atomic E-state index is 12.2. The Morgan fingerprint density at radius 1 is 1.10 bits per heavy atom. The van der Waals surface area contributed by atoms with Gasteiger partial charge in [0.2, 0.25) is 0 Å². The first kappa shape index (κ1) is 23.9. The van der Waals surface area contributed by atoms with E-state index in [1.807, 2.05) is 42.5 Å². The Morgan fingerprint density at radius 2 is 1.84 bits per heavy atom. The van der Waals surface area contributed by atoms with Gasteiger partial charge in [0.25, 0.3) is 0 Å². The van der Waals surface area contributed by atoms with E-state index in [2.05, 4.69) is 5.32 Å². The second-order valence-electron chi connectivity index (χ2n) is 7.67. The summed E-state index contributed by atoms with van der Waals surface area (Å²) >= 11 is 5.96. The Hall–Kier alpha value is -1.77. The van der Waals surface area contributed by atoms with Crippen LogP contribution in [0.3, 0.4) is 0 Å². The average Bonchev–Trinajstić information content (AvgIpc) is 2.71. The van der Waals surface area contributed by atoms with E-state index in [9.17, 15) is 21.6 Å². The zero-order valence-corrected chi connectivity index (χ0v) is 18.5. The zero-order chi connectivity index (χ0) is 22.5. The monoisotopic (exact) mass is 475 g/mol. The smallest absolute Gasteiger partial charge is 0.390 e. The number of nitrogens with one attached hydrogen (secondary N) is 1. The Bertz CT molecular complexity index is 978. The quantitative estimate of drug-likeness (QED) is 0.524. The predicted molar refractivity (Wildman–Crippen MR) is 115 cm³/mol. The van der Waals surface area contributed by atoms with Gasteiger partial charge in [0, 0.05) is 11.1 Å². The fourth-order valence-corrected chi connectivity index (χ4v) is 5.02. The van der Waals surface area contributed by atoms with Crippen molar-refractivity contribution in [3.05, 3.63) is 64.2 Å². The lowest BCUT2D eigenvalue weighted by Crippen LogP contribution is -2.31. The molecular formula is C22H25ClF3NO3S. The second kappa shape index (κ2) is 10.2. The molecule has 0 fully saturated rings. The highest BCUT2D eigenvalue weighted by atomic mass is 35.5. The van der Waals surface area contributed by atoms with Crippen LogP contribution in [0.25, 0.3) is 0 Å². The minimum absolute atomic E-state index is 0.122. The van der Waals surface area contributed by atoms with Crippen LogP contribution in [0.5, 0.6) is 5.75 Å². The number of ether oxygens (including phenoxy) is 1. The first-order valence-corrected chi connectivity index (χ1v) is 12.3. The van der Waals surface area contributed by atoms with Crippen LogP contribution in [0.4, 0.5) is 13.2 Å². The van der Waals surface area contributed by atoms with E-state index >= 15 is 0 Å². The van der Waals surface area contributed by atoms with E-state index in [1.54, 1.807) is 0 Å². The third-order valence-electron chi connectivity index (χ3n) is 5.20. The second-order valence-corrected chi connectivity index (χ2v) is 10.4. The van der Waals surface area contributed by atoms with E-state index in [1.165, 1.54) is 5.56 Å². The normalized spacial score (nSPS) is 16.7. The summed E-state index contributed by atoms with van der Waals surface area (Å²) in [6, 6.07) is 13.7. The van der Waals surface area contributed by atoms with Crippen molar-refractivity contribution in [2.75, 3.05) is 24.7 Å². The van der Waals surface area contributed by atoms with Crippen LogP contribution in [0.15, 0.2) is 42.5 Å². The van der Waals surface area contributed by atoms with Gasteiger partial charge in [-0.3, -0.25) is 0 Å². The van der Waals surface area contributed by atoms with E-state index in [4.69, 9.17) is 16.3 Å². The van der Waals surface area contributed by atoms with Crippen LogP contribution < -0.4 is 10.1 Å². The molecule has 170 valence electrons. The van der Waals surface area contributed by atoms with E-state index in [-0.39, 0.29) is 24.8 Å². The number of hydrogen-bond donors (Lipinski definition) is 1. The van der Waals surface area contributed by atoms with Crippen LogP contribution >= 0.6 is 11.6 Å². The van der Waals surface area contributed by atoms with Crippen molar-refractivity contribution in [2.24, 2.45) is 0 Å². The molecule has 4 nitrogen and oxygen atoms in total. The largest absolute Gasteiger partial charge is 0.494 e. The lowest BCUT2D eigenvalue weighted by Gasteiger charge is -2.27. The van der Waals surface area contributed by atoms with Crippen molar-refractivity contribution in [2.45, 2.75) is 37.9 Å². The van der Waals surface area contributed by atoms with Gasteiger partial charge in [-0.2, -0.15) is 13.2 Å². The molecule has 0 amide bonds. The summed E-state index contributed by atoms with van der Waals surface area (Å²) in [5.41, 5.74) is 3.53. The van der Waals surface area contributed by atoms with Crippen LogP contribution in [0, 0.1) is 0 Å². The molecule has 0 aromatic heterocycles. The molecule has 1 aliphatic heterocycles. The molecule has 0 saturated carbocycles. The molecule has 2 aromatic rings. The first-order chi connectivity index (χ1) is 14.6. The summed E-state index contributed by atoms with van der Waals surface area (Å²) < 4.78 is 65.8. The molecule has 9 heteroatoms. The fraction of sp³-hybridized carbons (Fsp3) is 0.455. The predicted octanol–water partition coefficient (Wildman–Crippen LogP) is 4.91. The number of fused-ring (bicyclic) bond motifs is 1. The van der Waals surface area contributed by atoms with Gasteiger partial charge in [0.15, 0.2) is 9.84 Å². The standard InChI is InChI=1S/C22H25ClF3NO3S/c23-18-5-2-16(3-6-18)14-21-20-15-19(7-4-17(20)8-10-27-21)30-11-1-12-31(28,29)13-9-22(24,25)26/h2-7,15,21,27H,1,8-14H2. The van der Waals surface area contributed by atoms with Crippen molar-refractivity contribution < 1.29 is 26.3 Å². The molecule has 3 rings (SSSR count). The van der Waals surface area contributed by atoms with Crippen molar-refractivity contribution in [1.29, 1.82) is 0 Å². The number of rotatable bonds is 9. The summed E-state index contributed by atoms with van der Waals surface area (Å²) in [6.07, 6.45) is -3.94. The summed E-state index contributed by atoms with van der Waals surface area (Å²) in [6.45, 7) is 1.00. The van der Waals surface area contributed by atoms with Crippen molar-refractivity contribution in [3.63, 3.8) is 0 Å². The molecule has 1 unspecified atom stereocenters. The van der Waals surface area contributed by atoms with Crippen molar-refractivity contribution in [3.8, 4) is 5.75 Å². The van der Waals surface area contributed by atoms with Gasteiger partial charge in [0.05, 0.1) is 24.5 Å². The Kier molecular flexibility index (Phi) is 7.88. The number of hydrogen-bond acceptors (Lipinski definition) is 4. The summed E-state index contributed by atoms with van der Waals surface area (Å²) in [5, 5.41) is 4.21. The SMILES string of the molecule is O=S(=O)(CCCOc1ccc2c(c1)C(Cc1ccc(Cl)cc1)NCC2)CCC(F)(F)F. The molecule has 1 aliphatic rings. The van der Waals surface area contributed by atoms with E-state index < -0.39 is 28.2 Å². The minimum atomic E-state index is -4.47. The summed E-state index contributed by atoms with van der Waals surface area (Å²) in [5.74, 6) is -0.585. The van der Waals surface area contributed by atoms with Gasteiger partial charge in [-0.25, -0.2) is 8.42 Å². The lowest BCUT2D eigenvalue weighted by molar-refractivity contribution is -0.129. The van der Waals surface area contributed by atoms with Crippen LogP contribution in [-0.2, 0) is 22.7 Å². The number of alkyl halides is 3. The molecule has 1 atom stereocenters. The van der Waals surface area contributed by atoms with E-state index in [0.29, 0.717) is 10.8 Å². The number of sulfone groups is 1. The number of benzene rings is 2.